The monoisotopic (exact) mass is 831 g/mol. The van der Waals surface area contributed by atoms with Crippen molar-refractivity contribution in [3.63, 3.8) is 0 Å². The third-order valence-electron chi connectivity index (χ3n) is 9.63. The molecule has 0 bridgehead atoms. The van der Waals surface area contributed by atoms with Crippen molar-refractivity contribution in [2.24, 2.45) is 0 Å². The van der Waals surface area contributed by atoms with Gasteiger partial charge in [-0.1, -0.05) is 194 Å². The van der Waals surface area contributed by atoms with E-state index < -0.39 is 6.10 Å². The van der Waals surface area contributed by atoms with E-state index in [4.69, 9.17) is 14.2 Å². The predicted molar refractivity (Wildman–Crippen MR) is 256 cm³/mol. The fourth-order valence-corrected chi connectivity index (χ4v) is 6.10. The Balaban J connectivity index is 4.49. The Morgan fingerprint density at radius 3 is 1.12 bits per heavy atom. The number of hydrogen-bond acceptors (Lipinski definition) is 6. The minimum Gasteiger partial charge on any atom is -0.462 e. The number of rotatable bonds is 41. The first-order valence-electron chi connectivity index (χ1n) is 24.0. The number of unbranched alkanes of at least 4 members (excludes halogenated alkanes) is 16. The Morgan fingerprint density at radius 1 is 0.350 bits per heavy atom. The van der Waals surface area contributed by atoms with Crippen LogP contribution in [0, 0.1) is 0 Å². The van der Waals surface area contributed by atoms with E-state index in [1.165, 1.54) is 25.7 Å². The smallest absolute Gasteiger partial charge is 0.306 e. The molecule has 0 aliphatic carbocycles. The first-order chi connectivity index (χ1) is 29.5. The van der Waals surface area contributed by atoms with Crippen molar-refractivity contribution in [1.82, 2.24) is 0 Å². The van der Waals surface area contributed by atoms with E-state index >= 15 is 0 Å². The number of allylic oxidation sites excluding steroid dienone is 18. The Hall–Kier alpha value is -3.93. The maximum atomic E-state index is 12.8. The topological polar surface area (TPSA) is 78.9 Å². The lowest BCUT2D eigenvalue weighted by Gasteiger charge is -2.18. The van der Waals surface area contributed by atoms with Gasteiger partial charge in [0.1, 0.15) is 13.2 Å². The molecule has 338 valence electrons. The van der Waals surface area contributed by atoms with Gasteiger partial charge < -0.3 is 14.2 Å². The number of hydrogen-bond donors (Lipinski definition) is 0. The fourth-order valence-electron chi connectivity index (χ4n) is 6.10. The van der Waals surface area contributed by atoms with Gasteiger partial charge in [0.25, 0.3) is 0 Å². The lowest BCUT2D eigenvalue weighted by Crippen LogP contribution is -2.30. The van der Waals surface area contributed by atoms with Crippen molar-refractivity contribution >= 4 is 17.9 Å². The van der Waals surface area contributed by atoms with Gasteiger partial charge in [-0.25, -0.2) is 0 Å². The highest BCUT2D eigenvalue weighted by Crippen LogP contribution is 2.13. The van der Waals surface area contributed by atoms with Gasteiger partial charge >= 0.3 is 17.9 Å². The lowest BCUT2D eigenvalue weighted by atomic mass is 10.1. The molecule has 0 aromatic carbocycles. The summed E-state index contributed by atoms with van der Waals surface area (Å²) >= 11 is 0. The first kappa shape index (κ1) is 56.1. The zero-order chi connectivity index (χ0) is 43.7. The molecule has 0 aliphatic heterocycles. The molecular formula is C54H86O6. The average molecular weight is 831 g/mol. The van der Waals surface area contributed by atoms with Gasteiger partial charge in [0, 0.05) is 19.3 Å². The van der Waals surface area contributed by atoms with Crippen molar-refractivity contribution in [2.75, 3.05) is 13.2 Å². The Bertz CT molecular complexity index is 1280. The van der Waals surface area contributed by atoms with Crippen molar-refractivity contribution in [2.45, 2.75) is 200 Å². The summed E-state index contributed by atoms with van der Waals surface area (Å²) in [5.41, 5.74) is 0. The normalized spacial score (nSPS) is 13.1. The maximum absolute atomic E-state index is 12.8. The van der Waals surface area contributed by atoms with Crippen LogP contribution in [-0.2, 0) is 28.6 Å². The number of esters is 3. The molecule has 0 saturated heterocycles. The zero-order valence-electron chi connectivity index (χ0n) is 38.4. The molecule has 1 atom stereocenters. The van der Waals surface area contributed by atoms with Crippen molar-refractivity contribution in [3.8, 4) is 0 Å². The minimum absolute atomic E-state index is 0.103. The molecule has 6 heteroatoms. The van der Waals surface area contributed by atoms with Gasteiger partial charge in [-0.3, -0.25) is 14.4 Å². The molecule has 0 aromatic rings. The number of carbonyl (C=O) groups excluding carboxylic acids is 3. The molecule has 0 rings (SSSR count). The molecule has 1 unspecified atom stereocenters. The van der Waals surface area contributed by atoms with Gasteiger partial charge in [-0.2, -0.15) is 0 Å². The SMILES string of the molecule is CC/C=C/C=C/C=C/CCCCCCCCCC(=O)OCC(COC(=O)CCCCCCC/C=C/C=C/C=C/CC)OC(=O)CCCCCC/C=C/C/C=C/C/C=C/CC. The Kier molecular flexibility index (Phi) is 44.6. The van der Waals surface area contributed by atoms with Crippen molar-refractivity contribution in [1.29, 1.82) is 0 Å². The third kappa shape index (κ3) is 45.2. The summed E-state index contributed by atoms with van der Waals surface area (Å²) in [6, 6.07) is 0. The Morgan fingerprint density at radius 2 is 0.683 bits per heavy atom. The molecule has 0 spiro atoms. The van der Waals surface area contributed by atoms with Gasteiger partial charge in [-0.15, -0.1) is 0 Å². The highest BCUT2D eigenvalue weighted by atomic mass is 16.6. The summed E-state index contributed by atoms with van der Waals surface area (Å²) in [5, 5.41) is 0. The van der Waals surface area contributed by atoms with Gasteiger partial charge in [-0.05, 0) is 89.9 Å². The van der Waals surface area contributed by atoms with E-state index in [0.717, 1.165) is 128 Å². The highest BCUT2D eigenvalue weighted by molar-refractivity contribution is 5.71. The van der Waals surface area contributed by atoms with Crippen LogP contribution in [0.3, 0.4) is 0 Å². The highest BCUT2D eigenvalue weighted by Gasteiger charge is 2.19. The fraction of sp³-hybridized carbons (Fsp3) is 0.611. The zero-order valence-corrected chi connectivity index (χ0v) is 38.4. The summed E-state index contributed by atoms with van der Waals surface area (Å²) in [5.74, 6) is -0.967. The van der Waals surface area contributed by atoms with E-state index in [9.17, 15) is 14.4 Å². The van der Waals surface area contributed by atoms with Gasteiger partial charge in [0.15, 0.2) is 6.10 Å². The summed E-state index contributed by atoms with van der Waals surface area (Å²) in [6.07, 6.45) is 63.5. The summed E-state index contributed by atoms with van der Waals surface area (Å²) < 4.78 is 16.7. The molecule has 0 aliphatic rings. The molecule has 0 amide bonds. The molecule has 0 radical (unpaired) electrons. The first-order valence-corrected chi connectivity index (χ1v) is 24.0. The van der Waals surface area contributed by atoms with E-state index in [0.29, 0.717) is 19.3 Å². The van der Waals surface area contributed by atoms with Gasteiger partial charge in [0.05, 0.1) is 0 Å². The molecule has 6 nitrogen and oxygen atoms in total. The minimum atomic E-state index is -0.804. The predicted octanol–water partition coefficient (Wildman–Crippen LogP) is 15.6. The van der Waals surface area contributed by atoms with Crippen molar-refractivity contribution < 1.29 is 28.6 Å². The summed E-state index contributed by atoms with van der Waals surface area (Å²) in [6.45, 7) is 6.19. The van der Waals surface area contributed by atoms with Crippen LogP contribution in [0.4, 0.5) is 0 Å². The van der Waals surface area contributed by atoms with E-state index in [1.807, 2.05) is 0 Å². The Labute approximate surface area is 368 Å². The standard InChI is InChI=1S/C54H86O6/c1-4-7-10-13-16-19-22-25-27-30-32-35-38-41-44-47-53(56)59-50-51(49-58-52(55)46-43-40-37-34-31-28-24-21-18-15-12-9-6-3)60-54(57)48-45-42-39-36-33-29-26-23-20-17-14-11-8-5-2/h7-13,15-22,24,26,29,51H,4-6,14,23,25,27-28,30-50H2,1-3H3/b10-7+,11-8+,12-9+,16-13+,18-15+,20-17+,22-19+,24-21+,29-26+. The van der Waals surface area contributed by atoms with Crippen LogP contribution in [-0.4, -0.2) is 37.2 Å². The van der Waals surface area contributed by atoms with Gasteiger partial charge in [0.2, 0.25) is 0 Å². The van der Waals surface area contributed by atoms with Crippen LogP contribution < -0.4 is 0 Å². The van der Waals surface area contributed by atoms with Crippen LogP contribution in [0.2, 0.25) is 0 Å². The molecule has 0 saturated carbocycles. The van der Waals surface area contributed by atoms with E-state index in [-0.39, 0.29) is 31.1 Å². The summed E-state index contributed by atoms with van der Waals surface area (Å²) in [7, 11) is 0. The van der Waals surface area contributed by atoms with Crippen molar-refractivity contribution in [3.05, 3.63) is 109 Å². The molecule has 0 fully saturated rings. The molecular weight excluding hydrogens is 745 g/mol. The average Bonchev–Trinajstić information content (AvgIpc) is 3.24. The largest absolute Gasteiger partial charge is 0.462 e. The second-order valence-corrected chi connectivity index (χ2v) is 15.3. The third-order valence-corrected chi connectivity index (χ3v) is 9.63. The molecule has 0 N–H and O–H groups in total. The van der Waals surface area contributed by atoms with Crippen LogP contribution in [0.25, 0.3) is 0 Å². The number of carbonyl (C=O) groups is 3. The van der Waals surface area contributed by atoms with Crippen LogP contribution >= 0.6 is 0 Å². The molecule has 0 heterocycles. The second-order valence-electron chi connectivity index (χ2n) is 15.3. The quantitative estimate of drug-likeness (QED) is 0.0201. The maximum Gasteiger partial charge on any atom is 0.306 e. The lowest BCUT2D eigenvalue weighted by molar-refractivity contribution is -0.167. The summed E-state index contributed by atoms with van der Waals surface area (Å²) in [4.78, 5) is 37.9. The second kappa shape index (κ2) is 47.7. The molecule has 60 heavy (non-hydrogen) atoms. The van der Waals surface area contributed by atoms with Crippen LogP contribution in [0.15, 0.2) is 109 Å². The molecule has 0 aromatic heterocycles. The van der Waals surface area contributed by atoms with E-state index in [2.05, 4.69) is 130 Å². The van der Waals surface area contributed by atoms with E-state index in [1.54, 1.807) is 0 Å². The van der Waals surface area contributed by atoms with Crippen LogP contribution in [0.1, 0.15) is 194 Å². The van der Waals surface area contributed by atoms with Crippen LogP contribution in [0.5, 0.6) is 0 Å². The number of ether oxygens (including phenoxy) is 3.